The van der Waals surface area contributed by atoms with E-state index >= 15 is 0 Å². The topological polar surface area (TPSA) is 32.3 Å². The molecular weight excluding hydrogens is 220 g/mol. The molecule has 3 nitrogen and oxygen atoms in total. The zero-order valence-electron chi connectivity index (χ0n) is 10.9. The second kappa shape index (κ2) is 7.41. The summed E-state index contributed by atoms with van der Waals surface area (Å²) in [5.41, 5.74) is 0. The van der Waals surface area contributed by atoms with Gasteiger partial charge in [0.05, 0.1) is 0 Å². The number of nitrogens with zero attached hydrogens (tertiary/aromatic N) is 1. The van der Waals surface area contributed by atoms with Crippen LogP contribution in [0.15, 0.2) is 0 Å². The van der Waals surface area contributed by atoms with Crippen molar-refractivity contribution in [3.63, 3.8) is 0 Å². The third kappa shape index (κ3) is 5.97. The first-order chi connectivity index (χ1) is 7.58. The monoisotopic (exact) mass is 246 g/mol. The first-order valence-corrected chi connectivity index (χ1v) is 8.06. The average Bonchev–Trinajstić information content (AvgIpc) is 2.20. The van der Waals surface area contributed by atoms with E-state index in [1.54, 1.807) is 6.26 Å². The Morgan fingerprint density at radius 1 is 1.44 bits per heavy atom. The summed E-state index contributed by atoms with van der Waals surface area (Å²) in [6, 6.07) is 0.630. The van der Waals surface area contributed by atoms with Crippen LogP contribution >= 0.6 is 0 Å². The summed E-state index contributed by atoms with van der Waals surface area (Å²) in [4.78, 5) is 2.54. The van der Waals surface area contributed by atoms with Crippen LogP contribution in [0.3, 0.4) is 0 Å². The van der Waals surface area contributed by atoms with Gasteiger partial charge in [0.1, 0.15) is 0 Å². The third-order valence-electron chi connectivity index (χ3n) is 3.17. The zero-order valence-corrected chi connectivity index (χ0v) is 11.7. The second-order valence-corrected chi connectivity index (χ2v) is 6.69. The highest BCUT2D eigenvalue weighted by molar-refractivity contribution is 7.84. The molecule has 4 heteroatoms. The molecule has 1 N–H and O–H groups in total. The number of nitrogens with one attached hydrogen (secondary N) is 1. The number of hydrogen-bond acceptors (Lipinski definition) is 3. The standard InChI is InChI=1S/C12H26N2OS/c1-11-9-13-12(2)5-7-14(10-11)6-4-8-16(3)15/h11-13H,4-10H2,1-3H3. The van der Waals surface area contributed by atoms with Crippen LogP contribution in [-0.4, -0.2) is 53.3 Å². The minimum atomic E-state index is -0.632. The normalized spacial score (nSPS) is 30.7. The molecule has 0 bridgehead atoms. The average molecular weight is 246 g/mol. The lowest BCUT2D eigenvalue weighted by Crippen LogP contribution is -2.42. The highest BCUT2D eigenvalue weighted by Gasteiger charge is 2.15. The minimum Gasteiger partial charge on any atom is -0.314 e. The first kappa shape index (κ1) is 14.1. The van der Waals surface area contributed by atoms with Crippen LogP contribution in [0.4, 0.5) is 0 Å². The van der Waals surface area contributed by atoms with Gasteiger partial charge >= 0.3 is 0 Å². The van der Waals surface area contributed by atoms with E-state index in [9.17, 15) is 4.21 Å². The van der Waals surface area contributed by atoms with Gasteiger partial charge in [-0.05, 0) is 45.3 Å². The fourth-order valence-corrected chi connectivity index (χ4v) is 2.71. The van der Waals surface area contributed by atoms with E-state index in [-0.39, 0.29) is 0 Å². The molecule has 0 spiro atoms. The Balaban J connectivity index is 2.29. The van der Waals surface area contributed by atoms with Gasteiger partial charge in [-0.2, -0.15) is 0 Å². The highest BCUT2D eigenvalue weighted by atomic mass is 32.2. The fraction of sp³-hybridized carbons (Fsp3) is 1.00. The Labute approximate surface area is 102 Å². The summed E-state index contributed by atoms with van der Waals surface area (Å²) in [5.74, 6) is 1.56. The lowest BCUT2D eigenvalue weighted by atomic mass is 10.1. The predicted molar refractivity (Wildman–Crippen MR) is 71.2 cm³/mol. The molecular formula is C12H26N2OS. The van der Waals surface area contributed by atoms with Crippen molar-refractivity contribution in [3.05, 3.63) is 0 Å². The molecule has 3 atom stereocenters. The van der Waals surface area contributed by atoms with E-state index in [4.69, 9.17) is 0 Å². The van der Waals surface area contributed by atoms with Crippen LogP contribution in [-0.2, 0) is 10.8 Å². The molecule has 0 aromatic heterocycles. The van der Waals surface area contributed by atoms with Gasteiger partial charge in [0.25, 0.3) is 0 Å². The Morgan fingerprint density at radius 2 is 2.19 bits per heavy atom. The van der Waals surface area contributed by atoms with Gasteiger partial charge in [0, 0.05) is 35.4 Å². The largest absolute Gasteiger partial charge is 0.314 e. The zero-order chi connectivity index (χ0) is 12.0. The minimum absolute atomic E-state index is 0.630. The van der Waals surface area contributed by atoms with Gasteiger partial charge in [0.2, 0.25) is 0 Å². The van der Waals surface area contributed by atoms with Crippen LogP contribution in [0.2, 0.25) is 0 Å². The maximum atomic E-state index is 11.0. The van der Waals surface area contributed by atoms with E-state index in [2.05, 4.69) is 24.1 Å². The van der Waals surface area contributed by atoms with Gasteiger partial charge in [-0.25, -0.2) is 0 Å². The number of rotatable bonds is 4. The van der Waals surface area contributed by atoms with E-state index in [1.807, 2.05) is 0 Å². The number of hydrogen-bond donors (Lipinski definition) is 1. The summed E-state index contributed by atoms with van der Waals surface area (Å²) in [7, 11) is -0.632. The third-order valence-corrected chi connectivity index (χ3v) is 4.03. The van der Waals surface area contributed by atoms with Crippen molar-refractivity contribution in [2.75, 3.05) is 38.2 Å². The molecule has 1 saturated heterocycles. The predicted octanol–water partition coefficient (Wildman–Crippen LogP) is 1.07. The summed E-state index contributed by atoms with van der Waals surface area (Å²) < 4.78 is 11.0. The summed E-state index contributed by atoms with van der Waals surface area (Å²) in [5, 5.41) is 3.55. The Morgan fingerprint density at radius 3 is 2.88 bits per heavy atom. The molecule has 0 radical (unpaired) electrons. The smallest absolute Gasteiger partial charge is 0.0244 e. The van der Waals surface area contributed by atoms with E-state index < -0.39 is 10.8 Å². The fourth-order valence-electron chi connectivity index (χ4n) is 2.17. The van der Waals surface area contributed by atoms with E-state index in [0.717, 1.165) is 31.2 Å². The second-order valence-electron chi connectivity index (χ2n) is 5.13. The molecule has 0 saturated carbocycles. The molecule has 3 unspecified atom stereocenters. The maximum Gasteiger partial charge on any atom is 0.0244 e. The van der Waals surface area contributed by atoms with Crippen molar-refractivity contribution in [1.82, 2.24) is 10.2 Å². The van der Waals surface area contributed by atoms with Crippen molar-refractivity contribution < 1.29 is 4.21 Å². The lowest BCUT2D eigenvalue weighted by Gasteiger charge is -2.31. The van der Waals surface area contributed by atoms with Gasteiger partial charge in [-0.1, -0.05) is 6.92 Å². The van der Waals surface area contributed by atoms with Crippen molar-refractivity contribution in [3.8, 4) is 0 Å². The Bertz CT molecular complexity index is 223. The van der Waals surface area contributed by atoms with Crippen LogP contribution in [0.25, 0.3) is 0 Å². The summed E-state index contributed by atoms with van der Waals surface area (Å²) in [6.07, 6.45) is 4.08. The molecule has 1 heterocycles. The summed E-state index contributed by atoms with van der Waals surface area (Å²) >= 11 is 0. The van der Waals surface area contributed by atoms with Gasteiger partial charge < -0.3 is 10.2 Å². The Kier molecular flexibility index (Phi) is 6.54. The van der Waals surface area contributed by atoms with Gasteiger partial charge in [-0.15, -0.1) is 0 Å². The lowest BCUT2D eigenvalue weighted by molar-refractivity contribution is 0.202. The molecule has 1 rings (SSSR count). The molecule has 1 fully saturated rings. The van der Waals surface area contributed by atoms with Crippen LogP contribution in [0, 0.1) is 5.92 Å². The quantitative estimate of drug-likeness (QED) is 0.805. The molecule has 0 aromatic rings. The molecule has 96 valence electrons. The molecule has 0 aromatic carbocycles. The van der Waals surface area contributed by atoms with E-state index in [1.165, 1.54) is 19.5 Å². The first-order valence-electron chi connectivity index (χ1n) is 6.33. The van der Waals surface area contributed by atoms with Gasteiger partial charge in [-0.3, -0.25) is 4.21 Å². The Hall–Kier alpha value is 0.0700. The summed E-state index contributed by atoms with van der Waals surface area (Å²) in [6.45, 7) is 9.15. The SMILES string of the molecule is CC1CNC(C)CCN(CCCS(C)=O)C1. The van der Waals surface area contributed by atoms with Crippen LogP contribution in [0.1, 0.15) is 26.7 Å². The van der Waals surface area contributed by atoms with Crippen molar-refractivity contribution in [2.45, 2.75) is 32.7 Å². The van der Waals surface area contributed by atoms with Crippen molar-refractivity contribution >= 4 is 10.8 Å². The molecule has 0 amide bonds. The maximum absolute atomic E-state index is 11.0. The van der Waals surface area contributed by atoms with Crippen LogP contribution < -0.4 is 5.32 Å². The van der Waals surface area contributed by atoms with Crippen LogP contribution in [0.5, 0.6) is 0 Å². The van der Waals surface area contributed by atoms with Crippen molar-refractivity contribution in [2.24, 2.45) is 5.92 Å². The molecule has 0 aliphatic carbocycles. The van der Waals surface area contributed by atoms with Gasteiger partial charge in [0.15, 0.2) is 0 Å². The van der Waals surface area contributed by atoms with Crippen molar-refractivity contribution in [1.29, 1.82) is 0 Å². The molecule has 16 heavy (non-hydrogen) atoms. The van der Waals surface area contributed by atoms with E-state index in [0.29, 0.717) is 6.04 Å². The highest BCUT2D eigenvalue weighted by Crippen LogP contribution is 2.07. The molecule has 1 aliphatic heterocycles. The molecule has 1 aliphatic rings.